The van der Waals surface area contributed by atoms with Gasteiger partial charge in [0, 0.05) is 28.9 Å². The maximum absolute atomic E-state index is 11.6. The lowest BCUT2D eigenvalue weighted by Crippen LogP contribution is -2.28. The van der Waals surface area contributed by atoms with Crippen molar-refractivity contribution in [3.05, 3.63) is 11.4 Å². The lowest BCUT2D eigenvalue weighted by molar-refractivity contribution is 0.0952. The topological polar surface area (TPSA) is 101 Å². The number of carbonyl (C=O) groups excluding carboxylic acids is 1. The molecule has 0 aromatic carbocycles. The molecule has 0 spiro atoms. The van der Waals surface area contributed by atoms with Gasteiger partial charge < -0.3 is 11.1 Å². The zero-order valence-corrected chi connectivity index (χ0v) is 10.2. The molecule has 0 saturated carbocycles. The molecule has 4 N–H and O–H groups in total. The van der Waals surface area contributed by atoms with Gasteiger partial charge in [-0.05, 0) is 6.92 Å². The van der Waals surface area contributed by atoms with Crippen LogP contribution in [0.15, 0.2) is 0 Å². The van der Waals surface area contributed by atoms with Gasteiger partial charge in [0.2, 0.25) is 0 Å². The molecular formula is C9H16N4O2S. The van der Waals surface area contributed by atoms with Gasteiger partial charge in [-0.1, -0.05) is 6.92 Å². The Hall–Kier alpha value is -1.37. The molecule has 0 aliphatic rings. The van der Waals surface area contributed by atoms with E-state index in [2.05, 4.69) is 15.5 Å². The van der Waals surface area contributed by atoms with E-state index in [4.69, 9.17) is 5.73 Å². The zero-order chi connectivity index (χ0) is 12.1. The lowest BCUT2D eigenvalue weighted by Gasteiger charge is -2.02. The molecule has 0 fully saturated rings. The summed E-state index contributed by atoms with van der Waals surface area (Å²) in [5, 5.41) is 9.05. The number of nitrogens with two attached hydrogens (primary N) is 1. The number of aromatic amines is 1. The Balaban J connectivity index is 2.47. The first kappa shape index (κ1) is 12.7. The van der Waals surface area contributed by atoms with Gasteiger partial charge in [0.15, 0.2) is 5.69 Å². The second-order valence-electron chi connectivity index (χ2n) is 3.30. The Morgan fingerprint density at radius 1 is 1.62 bits per heavy atom. The number of nitrogen functional groups attached to an aromatic ring is 1. The van der Waals surface area contributed by atoms with Crippen LogP contribution in [0, 0.1) is 6.92 Å². The third-order valence-electron chi connectivity index (χ3n) is 2.15. The van der Waals surface area contributed by atoms with E-state index in [9.17, 15) is 9.00 Å². The van der Waals surface area contributed by atoms with Crippen molar-refractivity contribution in [3.63, 3.8) is 0 Å². The van der Waals surface area contributed by atoms with Gasteiger partial charge in [-0.2, -0.15) is 5.10 Å². The molecule has 1 amide bonds. The number of aromatic nitrogens is 2. The van der Waals surface area contributed by atoms with Crippen molar-refractivity contribution in [1.82, 2.24) is 15.5 Å². The highest BCUT2D eigenvalue weighted by Gasteiger charge is 2.14. The number of carbonyl (C=O) groups is 1. The lowest BCUT2D eigenvalue weighted by atomic mass is 10.3. The minimum atomic E-state index is -0.874. The molecule has 0 bridgehead atoms. The largest absolute Gasteiger partial charge is 0.395 e. The van der Waals surface area contributed by atoms with E-state index in [1.807, 2.05) is 6.92 Å². The fourth-order valence-electron chi connectivity index (χ4n) is 1.12. The van der Waals surface area contributed by atoms with Crippen LogP contribution in [0.1, 0.15) is 23.1 Å². The van der Waals surface area contributed by atoms with Crippen molar-refractivity contribution in [1.29, 1.82) is 0 Å². The molecule has 6 nitrogen and oxygen atoms in total. The summed E-state index contributed by atoms with van der Waals surface area (Å²) < 4.78 is 11.1. The van der Waals surface area contributed by atoms with E-state index >= 15 is 0 Å². The number of nitrogens with one attached hydrogen (secondary N) is 2. The van der Waals surface area contributed by atoms with Crippen LogP contribution in [0.25, 0.3) is 0 Å². The summed E-state index contributed by atoms with van der Waals surface area (Å²) in [6, 6.07) is 0. The van der Waals surface area contributed by atoms with Crippen molar-refractivity contribution in [2.24, 2.45) is 0 Å². The number of hydrogen-bond acceptors (Lipinski definition) is 4. The highest BCUT2D eigenvalue weighted by molar-refractivity contribution is 7.84. The van der Waals surface area contributed by atoms with Gasteiger partial charge in [0.05, 0.1) is 11.4 Å². The zero-order valence-electron chi connectivity index (χ0n) is 9.37. The molecule has 16 heavy (non-hydrogen) atoms. The Morgan fingerprint density at radius 3 is 2.81 bits per heavy atom. The van der Waals surface area contributed by atoms with Crippen LogP contribution in [0.4, 0.5) is 5.69 Å². The molecule has 0 radical (unpaired) electrons. The van der Waals surface area contributed by atoms with Crippen LogP contribution < -0.4 is 11.1 Å². The molecule has 1 heterocycles. The molecule has 7 heteroatoms. The highest BCUT2D eigenvalue weighted by atomic mass is 32.2. The third-order valence-corrected chi connectivity index (χ3v) is 3.45. The van der Waals surface area contributed by atoms with Crippen LogP contribution in [-0.4, -0.2) is 38.4 Å². The summed E-state index contributed by atoms with van der Waals surface area (Å²) in [5.41, 5.74) is 6.87. The number of hydrogen-bond donors (Lipinski definition) is 3. The van der Waals surface area contributed by atoms with Crippen molar-refractivity contribution < 1.29 is 9.00 Å². The summed E-state index contributed by atoms with van der Waals surface area (Å²) in [6.45, 7) is 3.95. The predicted molar refractivity (Wildman–Crippen MR) is 63.6 cm³/mol. The smallest absolute Gasteiger partial charge is 0.273 e. The van der Waals surface area contributed by atoms with Crippen LogP contribution in [0.5, 0.6) is 0 Å². The number of nitrogens with zero attached hydrogens (tertiary/aromatic N) is 1. The molecule has 1 aromatic heterocycles. The monoisotopic (exact) mass is 244 g/mol. The average molecular weight is 244 g/mol. The fourth-order valence-corrected chi connectivity index (χ4v) is 1.74. The Labute approximate surface area is 96.4 Å². The molecule has 1 rings (SSSR count). The Morgan fingerprint density at radius 2 is 2.31 bits per heavy atom. The normalized spacial score (nSPS) is 12.4. The predicted octanol–water partition coefficient (Wildman–Crippen LogP) is -0.201. The molecule has 0 aliphatic carbocycles. The first-order chi connectivity index (χ1) is 7.56. The standard InChI is InChI=1S/C9H16N4O2S/c1-3-16(15)5-4-11-9(14)8-7(10)6(2)12-13-8/h3-5,10H2,1-2H3,(H,11,14)(H,12,13). The van der Waals surface area contributed by atoms with Crippen LogP contribution in [0.3, 0.4) is 0 Å². The van der Waals surface area contributed by atoms with Gasteiger partial charge >= 0.3 is 0 Å². The minimum absolute atomic E-state index is 0.194. The van der Waals surface area contributed by atoms with Gasteiger partial charge in [-0.3, -0.25) is 14.1 Å². The first-order valence-electron chi connectivity index (χ1n) is 4.99. The van der Waals surface area contributed by atoms with E-state index in [1.54, 1.807) is 6.92 Å². The maximum atomic E-state index is 11.6. The summed E-state index contributed by atoms with van der Waals surface area (Å²) in [4.78, 5) is 11.6. The summed E-state index contributed by atoms with van der Waals surface area (Å²) in [5.74, 6) is 0.709. The summed E-state index contributed by atoms with van der Waals surface area (Å²) in [7, 11) is -0.874. The van der Waals surface area contributed by atoms with E-state index in [0.29, 0.717) is 29.4 Å². The SMILES string of the molecule is CCS(=O)CCNC(=O)c1n[nH]c(C)c1N. The molecular weight excluding hydrogens is 228 g/mol. The molecule has 0 saturated heterocycles. The van der Waals surface area contributed by atoms with Crippen LogP contribution in [-0.2, 0) is 10.8 Å². The second-order valence-corrected chi connectivity index (χ2v) is 5.16. The maximum Gasteiger partial charge on any atom is 0.273 e. The van der Waals surface area contributed by atoms with Crippen molar-refractivity contribution in [2.75, 3.05) is 23.8 Å². The number of anilines is 1. The summed E-state index contributed by atoms with van der Waals surface area (Å²) in [6.07, 6.45) is 0. The fraction of sp³-hybridized carbons (Fsp3) is 0.556. The van der Waals surface area contributed by atoms with Gasteiger partial charge in [0.25, 0.3) is 5.91 Å². The van der Waals surface area contributed by atoms with Crippen LogP contribution in [0.2, 0.25) is 0 Å². The van der Waals surface area contributed by atoms with E-state index in [0.717, 1.165) is 0 Å². The van der Waals surface area contributed by atoms with Gasteiger partial charge in [-0.25, -0.2) is 0 Å². The summed E-state index contributed by atoms with van der Waals surface area (Å²) >= 11 is 0. The third kappa shape index (κ3) is 3.06. The number of rotatable bonds is 5. The molecule has 0 aliphatic heterocycles. The van der Waals surface area contributed by atoms with Crippen LogP contribution >= 0.6 is 0 Å². The molecule has 1 atom stereocenters. The molecule has 1 aromatic rings. The second kappa shape index (κ2) is 5.64. The van der Waals surface area contributed by atoms with E-state index in [1.165, 1.54) is 0 Å². The molecule has 90 valence electrons. The Bertz CT molecular complexity index is 402. The van der Waals surface area contributed by atoms with Gasteiger partial charge in [-0.15, -0.1) is 0 Å². The van der Waals surface area contributed by atoms with E-state index in [-0.39, 0.29) is 11.6 Å². The average Bonchev–Trinajstić information content (AvgIpc) is 2.59. The van der Waals surface area contributed by atoms with Crippen molar-refractivity contribution in [3.8, 4) is 0 Å². The Kier molecular flexibility index (Phi) is 4.48. The highest BCUT2D eigenvalue weighted by Crippen LogP contribution is 2.11. The number of H-pyrrole nitrogens is 1. The van der Waals surface area contributed by atoms with E-state index < -0.39 is 10.8 Å². The minimum Gasteiger partial charge on any atom is -0.395 e. The number of amides is 1. The quantitative estimate of drug-likeness (QED) is 0.667. The molecule has 1 unspecified atom stereocenters. The first-order valence-corrected chi connectivity index (χ1v) is 6.48. The number of aryl methyl sites for hydroxylation is 1. The van der Waals surface area contributed by atoms with Gasteiger partial charge in [0.1, 0.15) is 0 Å². The van der Waals surface area contributed by atoms with Crippen molar-refractivity contribution >= 4 is 22.4 Å². The van der Waals surface area contributed by atoms with Crippen molar-refractivity contribution in [2.45, 2.75) is 13.8 Å².